The minimum absolute atomic E-state index is 0.170. The van der Waals surface area contributed by atoms with Crippen LogP contribution in [0.5, 0.6) is 5.88 Å². The Morgan fingerprint density at radius 3 is 2.73 bits per heavy atom. The number of ether oxygens (including phenoxy) is 2. The van der Waals surface area contributed by atoms with E-state index in [2.05, 4.69) is 9.88 Å². The highest BCUT2D eigenvalue weighted by Crippen LogP contribution is 2.18. The molecule has 0 saturated carbocycles. The van der Waals surface area contributed by atoms with E-state index in [-0.39, 0.29) is 6.10 Å². The molecule has 2 rings (SSSR count). The largest absolute Gasteiger partial charge is 0.477 e. The number of aliphatic hydroxyl groups is 1. The summed E-state index contributed by atoms with van der Waals surface area (Å²) >= 11 is 0. The lowest BCUT2D eigenvalue weighted by Crippen LogP contribution is -2.41. The zero-order valence-electron chi connectivity index (χ0n) is 13.6. The maximum absolute atomic E-state index is 9.97. The zero-order valence-corrected chi connectivity index (χ0v) is 13.6. The molecule has 22 heavy (non-hydrogen) atoms. The molecule has 5 nitrogen and oxygen atoms in total. The topological polar surface area (TPSA) is 54.8 Å². The molecule has 1 saturated heterocycles. The summed E-state index contributed by atoms with van der Waals surface area (Å²) in [7, 11) is 0. The molecule has 0 bridgehead atoms. The van der Waals surface area contributed by atoms with Crippen LogP contribution in [-0.4, -0.2) is 60.0 Å². The Balaban J connectivity index is 1.61. The van der Waals surface area contributed by atoms with Gasteiger partial charge in [0.05, 0.1) is 25.4 Å². The highest BCUT2D eigenvalue weighted by Gasteiger charge is 2.21. The summed E-state index contributed by atoms with van der Waals surface area (Å²) in [5, 5.41) is 9.97. The van der Waals surface area contributed by atoms with Crippen molar-refractivity contribution in [1.29, 1.82) is 0 Å². The second-order valence-corrected chi connectivity index (χ2v) is 6.26. The van der Waals surface area contributed by atoms with Crippen LogP contribution in [0.1, 0.15) is 26.7 Å². The van der Waals surface area contributed by atoms with Gasteiger partial charge in [0.25, 0.3) is 0 Å². The van der Waals surface area contributed by atoms with Gasteiger partial charge < -0.3 is 19.5 Å². The molecule has 1 aromatic rings. The van der Waals surface area contributed by atoms with Crippen LogP contribution in [0, 0.1) is 5.92 Å². The van der Waals surface area contributed by atoms with Crippen LogP contribution in [-0.2, 0) is 4.74 Å². The number of piperidine rings is 1. The number of nitrogens with zero attached hydrogens (tertiary/aromatic N) is 2. The maximum Gasteiger partial charge on any atom is 0.213 e. The molecule has 2 heterocycles. The van der Waals surface area contributed by atoms with Crippen LogP contribution in [0.25, 0.3) is 0 Å². The SMILES string of the molecule is CC(C)OCC(O)CN1CCC(COc2ccccn2)CC1. The van der Waals surface area contributed by atoms with Crippen LogP contribution in [0.15, 0.2) is 24.4 Å². The van der Waals surface area contributed by atoms with Crippen molar-refractivity contribution in [2.75, 3.05) is 32.8 Å². The Bertz CT molecular complexity index is 406. The average Bonchev–Trinajstić information content (AvgIpc) is 2.53. The van der Waals surface area contributed by atoms with Crippen molar-refractivity contribution in [2.24, 2.45) is 5.92 Å². The first kappa shape index (κ1) is 17.2. The lowest BCUT2D eigenvalue weighted by Gasteiger charge is -2.33. The first-order chi connectivity index (χ1) is 10.6. The number of aromatic nitrogens is 1. The van der Waals surface area contributed by atoms with Crippen molar-refractivity contribution in [2.45, 2.75) is 38.9 Å². The van der Waals surface area contributed by atoms with Gasteiger partial charge in [0.2, 0.25) is 5.88 Å². The molecule has 0 spiro atoms. The molecule has 1 unspecified atom stereocenters. The van der Waals surface area contributed by atoms with Crippen LogP contribution < -0.4 is 4.74 Å². The van der Waals surface area contributed by atoms with Gasteiger partial charge in [0, 0.05) is 18.8 Å². The normalized spacial score (nSPS) is 18.5. The predicted molar refractivity (Wildman–Crippen MR) is 86.0 cm³/mol. The number of hydrogen-bond donors (Lipinski definition) is 1. The van der Waals surface area contributed by atoms with Crippen molar-refractivity contribution in [3.63, 3.8) is 0 Å². The van der Waals surface area contributed by atoms with Gasteiger partial charge >= 0.3 is 0 Å². The predicted octanol–water partition coefficient (Wildman–Crippen LogP) is 1.96. The minimum atomic E-state index is -0.399. The Morgan fingerprint density at radius 2 is 2.09 bits per heavy atom. The van der Waals surface area contributed by atoms with Crippen LogP contribution in [0.3, 0.4) is 0 Å². The van der Waals surface area contributed by atoms with E-state index < -0.39 is 6.10 Å². The van der Waals surface area contributed by atoms with Crippen molar-refractivity contribution < 1.29 is 14.6 Å². The van der Waals surface area contributed by atoms with Gasteiger partial charge in [-0.05, 0) is 51.8 Å². The van der Waals surface area contributed by atoms with Crippen LogP contribution in [0.2, 0.25) is 0 Å². The summed E-state index contributed by atoms with van der Waals surface area (Å²) < 4.78 is 11.2. The first-order valence-electron chi connectivity index (χ1n) is 8.19. The Kier molecular flexibility index (Phi) is 7.09. The summed E-state index contributed by atoms with van der Waals surface area (Å²) in [6.07, 6.45) is 3.72. The van der Waals surface area contributed by atoms with Crippen molar-refractivity contribution >= 4 is 0 Å². The molecule has 0 aliphatic carbocycles. The summed E-state index contributed by atoms with van der Waals surface area (Å²) in [5.41, 5.74) is 0. The number of likely N-dealkylation sites (tertiary alicyclic amines) is 1. The third-order valence-electron chi connectivity index (χ3n) is 3.90. The second kappa shape index (κ2) is 9.08. The molecule has 1 aliphatic heterocycles. The Morgan fingerprint density at radius 1 is 1.32 bits per heavy atom. The molecule has 0 aromatic carbocycles. The van der Waals surface area contributed by atoms with Gasteiger partial charge in [-0.2, -0.15) is 0 Å². The molecule has 124 valence electrons. The van der Waals surface area contributed by atoms with Gasteiger partial charge in [0.1, 0.15) is 0 Å². The van der Waals surface area contributed by atoms with E-state index in [9.17, 15) is 5.11 Å². The minimum Gasteiger partial charge on any atom is -0.477 e. The van der Waals surface area contributed by atoms with E-state index in [1.54, 1.807) is 6.20 Å². The molecule has 5 heteroatoms. The summed E-state index contributed by atoms with van der Waals surface area (Å²) in [4.78, 5) is 6.48. The standard InChI is InChI=1S/C17H28N2O3/c1-14(2)21-13-16(20)11-19-9-6-15(7-10-19)12-22-17-5-3-4-8-18-17/h3-5,8,14-16,20H,6-7,9-13H2,1-2H3. The Labute approximate surface area is 133 Å². The molecule has 1 fully saturated rings. The van der Waals surface area contributed by atoms with Crippen LogP contribution >= 0.6 is 0 Å². The molecule has 0 amide bonds. The fraction of sp³-hybridized carbons (Fsp3) is 0.706. The fourth-order valence-corrected chi connectivity index (χ4v) is 2.63. The van der Waals surface area contributed by atoms with Gasteiger partial charge in [-0.3, -0.25) is 0 Å². The molecular formula is C17H28N2O3. The van der Waals surface area contributed by atoms with E-state index in [0.717, 1.165) is 32.5 Å². The number of β-amino-alcohol motifs (C(OH)–C–C–N with tert-alkyl or cyclic N) is 1. The van der Waals surface area contributed by atoms with E-state index in [0.29, 0.717) is 24.9 Å². The summed E-state index contributed by atoms with van der Waals surface area (Å²) in [6, 6.07) is 5.71. The van der Waals surface area contributed by atoms with Gasteiger partial charge in [-0.15, -0.1) is 0 Å². The van der Waals surface area contributed by atoms with E-state index in [4.69, 9.17) is 9.47 Å². The molecular weight excluding hydrogens is 280 g/mol. The quantitative estimate of drug-likeness (QED) is 0.795. The lowest BCUT2D eigenvalue weighted by molar-refractivity contribution is -0.0133. The lowest BCUT2D eigenvalue weighted by atomic mass is 9.97. The first-order valence-corrected chi connectivity index (χ1v) is 8.19. The third kappa shape index (κ3) is 6.30. The average molecular weight is 308 g/mol. The number of pyridine rings is 1. The highest BCUT2D eigenvalue weighted by molar-refractivity contribution is 5.09. The van der Waals surface area contributed by atoms with Gasteiger partial charge in [-0.25, -0.2) is 4.98 Å². The van der Waals surface area contributed by atoms with E-state index in [1.807, 2.05) is 32.0 Å². The maximum atomic E-state index is 9.97. The molecule has 1 N–H and O–H groups in total. The smallest absolute Gasteiger partial charge is 0.213 e. The van der Waals surface area contributed by atoms with E-state index in [1.165, 1.54) is 0 Å². The number of hydrogen-bond acceptors (Lipinski definition) is 5. The number of aliphatic hydroxyl groups excluding tert-OH is 1. The molecule has 1 aromatic heterocycles. The van der Waals surface area contributed by atoms with E-state index >= 15 is 0 Å². The third-order valence-corrected chi connectivity index (χ3v) is 3.90. The highest BCUT2D eigenvalue weighted by atomic mass is 16.5. The number of rotatable bonds is 8. The zero-order chi connectivity index (χ0) is 15.8. The van der Waals surface area contributed by atoms with Crippen LogP contribution in [0.4, 0.5) is 0 Å². The molecule has 0 radical (unpaired) electrons. The molecule has 1 atom stereocenters. The van der Waals surface area contributed by atoms with Gasteiger partial charge in [-0.1, -0.05) is 6.07 Å². The van der Waals surface area contributed by atoms with Gasteiger partial charge in [0.15, 0.2) is 0 Å². The monoisotopic (exact) mass is 308 g/mol. The summed E-state index contributed by atoms with van der Waals surface area (Å²) in [5.74, 6) is 1.27. The van der Waals surface area contributed by atoms with Crippen molar-refractivity contribution in [3.05, 3.63) is 24.4 Å². The second-order valence-electron chi connectivity index (χ2n) is 6.26. The van der Waals surface area contributed by atoms with Crippen molar-refractivity contribution in [1.82, 2.24) is 9.88 Å². The van der Waals surface area contributed by atoms with Crippen molar-refractivity contribution in [3.8, 4) is 5.88 Å². The Hall–Kier alpha value is -1.17. The fourth-order valence-electron chi connectivity index (χ4n) is 2.63. The summed E-state index contributed by atoms with van der Waals surface area (Å²) in [6.45, 7) is 7.83. The molecule has 1 aliphatic rings.